The number of hydrogen-bond donors (Lipinski definition) is 1. The lowest BCUT2D eigenvalue weighted by Crippen LogP contribution is -2.11. The molecule has 9 heteroatoms. The van der Waals surface area contributed by atoms with Crippen LogP contribution in [0.1, 0.15) is 16.3 Å². The van der Waals surface area contributed by atoms with Crippen LogP contribution in [0.4, 0.5) is 0 Å². The largest absolute Gasteiger partial charge is 0.457 e. The molecule has 2 aromatic carbocycles. The number of sulfonamides is 1. The second-order valence-electron chi connectivity index (χ2n) is 6.76. The van der Waals surface area contributed by atoms with Crippen LogP contribution in [-0.4, -0.2) is 14.2 Å². The summed E-state index contributed by atoms with van der Waals surface area (Å²) in [6, 6.07) is 17.5. The minimum absolute atomic E-state index is 0.00963. The molecule has 162 valence electrons. The predicted molar refractivity (Wildman–Crippen MR) is 123 cm³/mol. The van der Waals surface area contributed by atoms with Gasteiger partial charge in [-0.05, 0) is 78.9 Å². The van der Waals surface area contributed by atoms with Crippen LogP contribution in [0.5, 0.6) is 0 Å². The topological polar surface area (TPSA) is 104 Å². The van der Waals surface area contributed by atoms with E-state index < -0.39 is 10.0 Å². The molecule has 0 spiro atoms. The fraction of sp³-hybridized carbons (Fsp3) is 0. The number of halogens is 2. The van der Waals surface area contributed by atoms with Crippen molar-refractivity contribution in [3.63, 3.8) is 0 Å². The fourth-order valence-electron chi connectivity index (χ4n) is 2.95. The number of carbonyl (C=O) groups excluding carboxylic acids is 1. The average molecular weight is 488 g/mol. The van der Waals surface area contributed by atoms with Gasteiger partial charge < -0.3 is 8.83 Å². The normalized spacial score (nSPS) is 11.8. The molecular weight excluding hydrogens is 473 g/mol. The highest BCUT2D eigenvalue weighted by Crippen LogP contribution is 2.32. The minimum Gasteiger partial charge on any atom is -0.457 e. The second-order valence-corrected chi connectivity index (χ2v) is 9.16. The van der Waals surface area contributed by atoms with Crippen molar-refractivity contribution < 1.29 is 22.0 Å². The lowest BCUT2D eigenvalue weighted by Gasteiger charge is -2.01. The Balaban J connectivity index is 1.49. The van der Waals surface area contributed by atoms with Crippen molar-refractivity contribution in [1.82, 2.24) is 0 Å². The van der Waals surface area contributed by atoms with Crippen LogP contribution >= 0.6 is 23.2 Å². The van der Waals surface area contributed by atoms with Crippen LogP contribution in [0.2, 0.25) is 10.0 Å². The summed E-state index contributed by atoms with van der Waals surface area (Å²) >= 11 is 12.2. The Morgan fingerprint density at radius 2 is 1.59 bits per heavy atom. The van der Waals surface area contributed by atoms with Crippen LogP contribution in [0.15, 0.2) is 86.5 Å². The van der Waals surface area contributed by atoms with E-state index in [1.165, 1.54) is 24.3 Å². The number of carbonyl (C=O) groups is 1. The molecule has 6 nitrogen and oxygen atoms in total. The molecule has 0 bridgehead atoms. The maximum Gasteiger partial charge on any atom is 0.238 e. The van der Waals surface area contributed by atoms with E-state index in [1.807, 2.05) is 0 Å². The molecule has 2 aromatic heterocycles. The molecule has 0 atom stereocenters. The third kappa shape index (κ3) is 4.87. The van der Waals surface area contributed by atoms with Gasteiger partial charge in [0.2, 0.25) is 15.8 Å². The van der Waals surface area contributed by atoms with E-state index in [0.717, 1.165) is 0 Å². The summed E-state index contributed by atoms with van der Waals surface area (Å²) in [5, 5.41) is 6.06. The van der Waals surface area contributed by atoms with Gasteiger partial charge >= 0.3 is 0 Å². The number of primary sulfonamides is 1. The van der Waals surface area contributed by atoms with Crippen LogP contribution < -0.4 is 5.14 Å². The molecule has 0 aliphatic rings. The van der Waals surface area contributed by atoms with Gasteiger partial charge in [0.05, 0.1) is 9.92 Å². The zero-order valence-corrected chi connectivity index (χ0v) is 18.6. The standard InChI is InChI=1S/C23H15Cl2NO5S/c24-15-3-8-19(25)18(13-15)22-11-12-23(31-22)20(27)9-4-16-5-10-21(30-16)14-1-6-17(7-2-14)32(26,28)29/h1-13H,(H2,26,28,29)/b9-4+. The molecule has 32 heavy (non-hydrogen) atoms. The van der Waals surface area contributed by atoms with Crippen LogP contribution in [0.3, 0.4) is 0 Å². The Morgan fingerprint density at radius 3 is 2.31 bits per heavy atom. The van der Waals surface area contributed by atoms with Gasteiger partial charge in [-0.3, -0.25) is 4.79 Å². The van der Waals surface area contributed by atoms with Crippen molar-refractivity contribution in [1.29, 1.82) is 0 Å². The number of furan rings is 2. The van der Waals surface area contributed by atoms with Gasteiger partial charge in [0.25, 0.3) is 0 Å². The van der Waals surface area contributed by atoms with Gasteiger partial charge in [-0.15, -0.1) is 0 Å². The van der Waals surface area contributed by atoms with Crippen LogP contribution in [0.25, 0.3) is 28.7 Å². The third-order valence-electron chi connectivity index (χ3n) is 4.54. The van der Waals surface area contributed by atoms with Gasteiger partial charge in [-0.25, -0.2) is 13.6 Å². The van der Waals surface area contributed by atoms with E-state index in [1.54, 1.807) is 54.6 Å². The van der Waals surface area contributed by atoms with Crippen molar-refractivity contribution >= 4 is 45.1 Å². The number of allylic oxidation sites excluding steroid dienone is 1. The Bertz CT molecular complexity index is 1430. The first-order chi connectivity index (χ1) is 15.2. The summed E-state index contributed by atoms with van der Waals surface area (Å²) < 4.78 is 34.1. The van der Waals surface area contributed by atoms with E-state index >= 15 is 0 Å². The van der Waals surface area contributed by atoms with Crippen molar-refractivity contribution in [2.24, 2.45) is 5.14 Å². The van der Waals surface area contributed by atoms with Gasteiger partial charge in [-0.2, -0.15) is 0 Å². The summed E-state index contributed by atoms with van der Waals surface area (Å²) in [6.07, 6.45) is 2.84. The SMILES string of the molecule is NS(=O)(=O)c1ccc(-c2ccc(/C=C/C(=O)c3ccc(-c4cc(Cl)ccc4Cl)o3)o2)cc1. The predicted octanol–water partition coefficient (Wildman–Crippen LogP) is 6.06. The second kappa shape index (κ2) is 8.80. The highest BCUT2D eigenvalue weighted by Gasteiger charge is 2.13. The number of ketones is 1. The molecule has 2 N–H and O–H groups in total. The summed E-state index contributed by atoms with van der Waals surface area (Å²) in [5.41, 5.74) is 1.25. The van der Waals surface area contributed by atoms with Crippen molar-refractivity contribution in [3.8, 4) is 22.6 Å². The van der Waals surface area contributed by atoms with Crippen molar-refractivity contribution in [3.05, 3.63) is 94.4 Å². The molecule has 0 aliphatic heterocycles. The molecule has 4 rings (SSSR count). The first-order valence-electron chi connectivity index (χ1n) is 9.21. The summed E-state index contributed by atoms with van der Waals surface area (Å²) in [5.74, 6) is 1.16. The van der Waals surface area contributed by atoms with Crippen LogP contribution in [-0.2, 0) is 10.0 Å². The average Bonchev–Trinajstić information content (AvgIpc) is 3.43. The molecule has 0 unspecified atom stereocenters. The van der Waals surface area contributed by atoms with Gasteiger partial charge in [0, 0.05) is 16.1 Å². The lowest BCUT2D eigenvalue weighted by atomic mass is 10.2. The quantitative estimate of drug-likeness (QED) is 0.263. The monoisotopic (exact) mass is 487 g/mol. The Hall–Kier alpha value is -3.10. The molecule has 4 aromatic rings. The number of nitrogens with two attached hydrogens (primary N) is 1. The van der Waals surface area contributed by atoms with Crippen molar-refractivity contribution in [2.45, 2.75) is 4.90 Å². The first kappa shape index (κ1) is 22.1. The van der Waals surface area contributed by atoms with E-state index in [2.05, 4.69) is 0 Å². The maximum atomic E-state index is 12.5. The lowest BCUT2D eigenvalue weighted by molar-refractivity contribution is 0.102. The van der Waals surface area contributed by atoms with E-state index in [0.29, 0.717) is 38.5 Å². The highest BCUT2D eigenvalue weighted by atomic mass is 35.5. The molecule has 0 saturated carbocycles. The molecule has 0 saturated heterocycles. The third-order valence-corrected chi connectivity index (χ3v) is 6.03. The molecule has 0 fully saturated rings. The first-order valence-corrected chi connectivity index (χ1v) is 11.5. The molecule has 0 aliphatic carbocycles. The number of hydrogen-bond acceptors (Lipinski definition) is 5. The van der Waals surface area contributed by atoms with Gasteiger partial charge in [-0.1, -0.05) is 23.2 Å². The Morgan fingerprint density at radius 1 is 0.875 bits per heavy atom. The summed E-state index contributed by atoms with van der Waals surface area (Å²) in [6.45, 7) is 0. The Labute approximate surface area is 193 Å². The number of rotatable bonds is 6. The van der Waals surface area contributed by atoms with E-state index in [9.17, 15) is 13.2 Å². The fourth-order valence-corrected chi connectivity index (χ4v) is 3.85. The smallest absolute Gasteiger partial charge is 0.238 e. The Kier molecular flexibility index (Phi) is 6.08. The van der Waals surface area contributed by atoms with E-state index in [4.69, 9.17) is 37.2 Å². The molecule has 0 amide bonds. The van der Waals surface area contributed by atoms with Crippen LogP contribution in [0, 0.1) is 0 Å². The zero-order chi connectivity index (χ0) is 22.9. The highest BCUT2D eigenvalue weighted by molar-refractivity contribution is 7.89. The zero-order valence-electron chi connectivity index (χ0n) is 16.3. The minimum atomic E-state index is -3.76. The molecule has 2 heterocycles. The molecular formula is C23H15Cl2NO5S. The summed E-state index contributed by atoms with van der Waals surface area (Å²) in [7, 11) is -3.76. The van der Waals surface area contributed by atoms with Gasteiger partial charge in [0.15, 0.2) is 5.76 Å². The van der Waals surface area contributed by atoms with Gasteiger partial charge in [0.1, 0.15) is 17.3 Å². The molecule has 0 radical (unpaired) electrons. The number of benzene rings is 2. The summed E-state index contributed by atoms with van der Waals surface area (Å²) in [4.78, 5) is 12.5. The maximum absolute atomic E-state index is 12.5. The van der Waals surface area contributed by atoms with E-state index in [-0.39, 0.29) is 16.4 Å². The van der Waals surface area contributed by atoms with Crippen molar-refractivity contribution in [2.75, 3.05) is 0 Å².